The number of benzene rings is 9. The van der Waals surface area contributed by atoms with Crippen LogP contribution in [0.15, 0.2) is 217 Å². The molecule has 252 valence electrons. The van der Waals surface area contributed by atoms with Gasteiger partial charge in [0.25, 0.3) is 0 Å². The van der Waals surface area contributed by atoms with Crippen molar-refractivity contribution in [1.82, 2.24) is 0 Å². The van der Waals surface area contributed by atoms with Gasteiger partial charge in [-0.25, -0.2) is 0 Å². The molecule has 3 heteroatoms. The van der Waals surface area contributed by atoms with E-state index in [2.05, 4.69) is 238 Å². The summed E-state index contributed by atoms with van der Waals surface area (Å²) in [5, 5.41) is 4.82. The first-order valence-corrected chi connectivity index (χ1v) is 18.7. The summed E-state index contributed by atoms with van der Waals surface area (Å²) in [6, 6.07) is 76.1. The largest absolute Gasteiger partial charge is 0.310 e. The van der Waals surface area contributed by atoms with Gasteiger partial charge in [0.15, 0.2) is 0 Å². The van der Waals surface area contributed by atoms with Crippen molar-refractivity contribution in [3.63, 3.8) is 0 Å². The molecule has 0 atom stereocenters. The Kier molecular flexibility index (Phi) is 8.77. The zero-order valence-corrected chi connectivity index (χ0v) is 30.6. The van der Waals surface area contributed by atoms with Crippen LogP contribution in [0.2, 0.25) is 0 Å². The van der Waals surface area contributed by atoms with Crippen molar-refractivity contribution < 1.29 is 0 Å². The second kappa shape index (κ2) is 14.3. The van der Waals surface area contributed by atoms with E-state index in [9.17, 15) is 0 Å². The van der Waals surface area contributed by atoms with Gasteiger partial charge in [0.2, 0.25) is 0 Å². The third-order valence-corrected chi connectivity index (χ3v) is 10.3. The topological polar surface area (TPSA) is 6.48 Å². The Hall–Kier alpha value is -6.42. The van der Waals surface area contributed by atoms with Crippen molar-refractivity contribution in [1.29, 1.82) is 0 Å². The number of nitrogens with zero attached hydrogens (tertiary/aromatic N) is 2. The maximum absolute atomic E-state index is 3.95. The van der Waals surface area contributed by atoms with Gasteiger partial charge in [0.1, 0.15) is 0 Å². The van der Waals surface area contributed by atoms with E-state index in [1.54, 1.807) is 0 Å². The minimum atomic E-state index is 0.989. The van der Waals surface area contributed by atoms with Crippen LogP contribution in [0.1, 0.15) is 0 Å². The molecule has 0 bridgehead atoms. The minimum absolute atomic E-state index is 0.989. The van der Waals surface area contributed by atoms with Gasteiger partial charge in [-0.2, -0.15) is 0 Å². The molecule has 0 spiro atoms. The van der Waals surface area contributed by atoms with E-state index in [1.165, 1.54) is 43.8 Å². The molecule has 53 heavy (non-hydrogen) atoms. The Balaban J connectivity index is 1.20. The number of fused-ring (bicyclic) bond motifs is 2. The highest BCUT2D eigenvalue weighted by Crippen LogP contribution is 2.44. The van der Waals surface area contributed by atoms with Crippen molar-refractivity contribution >= 4 is 71.6 Å². The maximum atomic E-state index is 3.95. The van der Waals surface area contributed by atoms with Crippen LogP contribution in [0.5, 0.6) is 0 Å². The zero-order chi connectivity index (χ0) is 35.6. The fraction of sp³-hybridized carbons (Fsp3) is 0. The lowest BCUT2D eigenvalue weighted by Gasteiger charge is -2.30. The van der Waals surface area contributed by atoms with E-state index in [-0.39, 0.29) is 0 Å². The van der Waals surface area contributed by atoms with Gasteiger partial charge < -0.3 is 9.80 Å². The summed E-state index contributed by atoms with van der Waals surface area (Å²) in [5.41, 5.74) is 11.2. The van der Waals surface area contributed by atoms with Gasteiger partial charge >= 0.3 is 0 Å². The van der Waals surface area contributed by atoms with Gasteiger partial charge in [-0.05, 0) is 111 Å². The number of hydrogen-bond donors (Lipinski definition) is 0. The molecule has 0 aromatic heterocycles. The molecule has 9 rings (SSSR count). The van der Waals surface area contributed by atoms with Crippen molar-refractivity contribution in [3.05, 3.63) is 217 Å². The van der Waals surface area contributed by atoms with E-state index < -0.39 is 0 Å². The summed E-state index contributed by atoms with van der Waals surface area (Å²) >= 11 is 3.95. The lowest BCUT2D eigenvalue weighted by Crippen LogP contribution is -2.13. The summed E-state index contributed by atoms with van der Waals surface area (Å²) in [4.78, 5) is 4.71. The third-order valence-electron chi connectivity index (χ3n) is 9.83. The van der Waals surface area contributed by atoms with Gasteiger partial charge in [-0.3, -0.25) is 0 Å². The molecule has 0 saturated heterocycles. The third kappa shape index (κ3) is 6.71. The number of hydrogen-bond acceptors (Lipinski definition) is 2. The van der Waals surface area contributed by atoms with Crippen LogP contribution in [-0.4, -0.2) is 0 Å². The van der Waals surface area contributed by atoms with Crippen LogP contribution in [0.25, 0.3) is 43.8 Å². The van der Waals surface area contributed by atoms with Crippen LogP contribution in [-0.2, 0) is 0 Å². The monoisotopic (exact) mass is 742 g/mol. The van der Waals surface area contributed by atoms with E-state index in [0.29, 0.717) is 0 Å². The van der Waals surface area contributed by atoms with Crippen LogP contribution < -0.4 is 9.80 Å². The first-order chi connectivity index (χ1) is 26.2. The van der Waals surface area contributed by atoms with Crippen LogP contribution in [0.4, 0.5) is 34.1 Å². The molecule has 0 N–H and O–H groups in total. The fourth-order valence-electron chi connectivity index (χ4n) is 7.21. The molecule has 0 aliphatic heterocycles. The molecular formula is C50H35BrN2. The van der Waals surface area contributed by atoms with E-state index in [0.717, 1.165) is 38.6 Å². The molecule has 0 fully saturated rings. The maximum Gasteiger partial charge on any atom is 0.0493 e. The Bertz CT molecular complexity index is 2490. The Morgan fingerprint density at radius 3 is 1.00 bits per heavy atom. The first kappa shape index (κ1) is 32.5. The van der Waals surface area contributed by atoms with Gasteiger partial charge in [0.05, 0.1) is 0 Å². The molecule has 9 aromatic rings. The van der Waals surface area contributed by atoms with Crippen molar-refractivity contribution in [2.24, 2.45) is 0 Å². The predicted octanol–water partition coefficient (Wildman–Crippen LogP) is 15.0. The number of halogens is 1. The minimum Gasteiger partial charge on any atom is -0.310 e. The van der Waals surface area contributed by atoms with Crippen molar-refractivity contribution in [2.75, 3.05) is 9.80 Å². The van der Waals surface area contributed by atoms with Crippen LogP contribution in [0, 0.1) is 0 Å². The Labute approximate surface area is 319 Å². The summed E-state index contributed by atoms with van der Waals surface area (Å²) < 4.78 is 0.989. The molecular weight excluding hydrogens is 708 g/mol. The average Bonchev–Trinajstić information content (AvgIpc) is 3.22. The highest BCUT2D eigenvalue weighted by Gasteiger charge is 2.19. The smallest absolute Gasteiger partial charge is 0.0493 e. The second-order valence-electron chi connectivity index (χ2n) is 13.2. The van der Waals surface area contributed by atoms with E-state index >= 15 is 0 Å². The predicted molar refractivity (Wildman–Crippen MR) is 229 cm³/mol. The molecule has 0 heterocycles. The Morgan fingerprint density at radius 1 is 0.245 bits per heavy atom. The normalized spacial score (nSPS) is 11.1. The van der Waals surface area contributed by atoms with Gasteiger partial charge in [0, 0.05) is 38.6 Å². The summed E-state index contributed by atoms with van der Waals surface area (Å²) in [6.45, 7) is 0. The first-order valence-electron chi connectivity index (χ1n) is 17.9. The molecule has 0 aliphatic carbocycles. The molecule has 9 aromatic carbocycles. The molecule has 0 unspecified atom stereocenters. The molecule has 2 nitrogen and oxygen atoms in total. The molecule has 0 radical (unpaired) electrons. The Morgan fingerprint density at radius 2 is 0.585 bits per heavy atom. The summed E-state index contributed by atoms with van der Waals surface area (Å²) in [7, 11) is 0. The SMILES string of the molecule is Brc1cc(N(c2ccc(-c3ccccc3)cc2)c2ccc3ccccc3c2)cc(N(c2ccc(-c3ccccc3)cc2)c2ccc3ccccc3c2)c1. The molecule has 0 saturated carbocycles. The standard InChI is InChI=1S/C50H35BrN2/c51-44-33-49(52(47-29-23-38-15-7-9-17-42(38)31-47)45-25-19-40(20-26-45)36-11-3-1-4-12-36)35-50(34-44)53(48-30-24-39-16-8-10-18-43(39)32-48)46-27-21-41(22-28-46)37-13-5-2-6-14-37/h1-35H. The summed E-state index contributed by atoms with van der Waals surface area (Å²) in [6.07, 6.45) is 0. The molecule has 0 aliphatic rings. The number of rotatable bonds is 8. The van der Waals surface area contributed by atoms with E-state index in [4.69, 9.17) is 0 Å². The highest BCUT2D eigenvalue weighted by molar-refractivity contribution is 9.10. The van der Waals surface area contributed by atoms with Crippen molar-refractivity contribution in [2.45, 2.75) is 0 Å². The second-order valence-corrected chi connectivity index (χ2v) is 14.1. The van der Waals surface area contributed by atoms with Crippen LogP contribution >= 0.6 is 15.9 Å². The highest BCUT2D eigenvalue weighted by atomic mass is 79.9. The zero-order valence-electron chi connectivity index (χ0n) is 29.0. The number of anilines is 6. The molecule has 0 amide bonds. The lowest BCUT2D eigenvalue weighted by atomic mass is 10.0. The average molecular weight is 744 g/mol. The van der Waals surface area contributed by atoms with Gasteiger partial charge in [-0.1, -0.05) is 162 Å². The van der Waals surface area contributed by atoms with Gasteiger partial charge in [-0.15, -0.1) is 0 Å². The van der Waals surface area contributed by atoms with E-state index in [1.807, 2.05) is 0 Å². The quantitative estimate of drug-likeness (QED) is 0.153. The van der Waals surface area contributed by atoms with Crippen LogP contribution in [0.3, 0.4) is 0 Å². The lowest BCUT2D eigenvalue weighted by molar-refractivity contribution is 1.25. The fourth-order valence-corrected chi connectivity index (χ4v) is 7.68. The summed E-state index contributed by atoms with van der Waals surface area (Å²) in [5.74, 6) is 0. The van der Waals surface area contributed by atoms with Crippen molar-refractivity contribution in [3.8, 4) is 22.3 Å².